The van der Waals surface area contributed by atoms with Crippen LogP contribution < -0.4 is 0 Å². The molecule has 0 bridgehead atoms. The molecule has 2 aliphatic heterocycles. The molecule has 2 saturated heterocycles. The van der Waals surface area contributed by atoms with Gasteiger partial charge in [-0.1, -0.05) is 12.8 Å². The molecular formula is C16H25N3O5S. The Morgan fingerprint density at radius 2 is 1.68 bits per heavy atom. The summed E-state index contributed by atoms with van der Waals surface area (Å²) >= 11 is 0. The first-order valence-electron chi connectivity index (χ1n) is 8.81. The van der Waals surface area contributed by atoms with E-state index >= 15 is 0 Å². The van der Waals surface area contributed by atoms with Crippen LogP contribution in [0.2, 0.25) is 0 Å². The Morgan fingerprint density at radius 1 is 1.08 bits per heavy atom. The second-order valence-corrected chi connectivity index (χ2v) is 9.29. The van der Waals surface area contributed by atoms with E-state index < -0.39 is 15.4 Å². The summed E-state index contributed by atoms with van der Waals surface area (Å²) in [6.07, 6.45) is 5.06. The highest BCUT2D eigenvalue weighted by Gasteiger charge is 2.52. The Balaban J connectivity index is 1.51. The molecule has 9 heteroatoms. The van der Waals surface area contributed by atoms with Gasteiger partial charge in [0.2, 0.25) is 27.7 Å². The van der Waals surface area contributed by atoms with Crippen LogP contribution in [0.3, 0.4) is 0 Å². The molecule has 0 unspecified atom stereocenters. The van der Waals surface area contributed by atoms with Crippen molar-refractivity contribution >= 4 is 27.7 Å². The Kier molecular flexibility index (Phi) is 4.89. The molecule has 1 aliphatic carbocycles. The first-order valence-corrected chi connectivity index (χ1v) is 10.7. The largest absolute Gasteiger partial charge is 0.340 e. The van der Waals surface area contributed by atoms with Crippen molar-refractivity contribution < 1.29 is 22.8 Å². The van der Waals surface area contributed by atoms with E-state index in [2.05, 4.69) is 0 Å². The van der Waals surface area contributed by atoms with Crippen LogP contribution in [-0.2, 0) is 24.4 Å². The van der Waals surface area contributed by atoms with Gasteiger partial charge < -0.3 is 4.90 Å². The maximum absolute atomic E-state index is 12.6. The van der Waals surface area contributed by atoms with E-state index in [1.54, 1.807) is 4.90 Å². The molecule has 0 atom stereocenters. The molecule has 1 spiro atoms. The van der Waals surface area contributed by atoms with Crippen molar-refractivity contribution in [2.45, 2.75) is 38.5 Å². The molecule has 3 amide bonds. The van der Waals surface area contributed by atoms with Gasteiger partial charge in [-0.15, -0.1) is 0 Å². The van der Waals surface area contributed by atoms with Gasteiger partial charge in [-0.05, 0) is 12.8 Å². The number of carbonyl (C=O) groups is 3. The van der Waals surface area contributed by atoms with Crippen molar-refractivity contribution in [2.24, 2.45) is 5.41 Å². The number of imide groups is 1. The molecule has 0 aromatic carbocycles. The lowest BCUT2D eigenvalue weighted by Gasteiger charge is -2.33. The maximum Gasteiger partial charge on any atom is 0.235 e. The van der Waals surface area contributed by atoms with Crippen LogP contribution in [0.4, 0.5) is 0 Å². The molecule has 140 valence electrons. The Bertz CT molecular complexity index is 676. The first-order chi connectivity index (χ1) is 11.7. The number of carbonyl (C=O) groups excluding carboxylic acids is 3. The van der Waals surface area contributed by atoms with Crippen molar-refractivity contribution in [3.63, 3.8) is 0 Å². The summed E-state index contributed by atoms with van der Waals surface area (Å²) < 4.78 is 24.4. The van der Waals surface area contributed by atoms with Crippen LogP contribution in [0.5, 0.6) is 0 Å². The fraction of sp³-hybridized carbons (Fsp3) is 0.812. The lowest BCUT2D eigenvalue weighted by atomic mass is 9.84. The fourth-order valence-corrected chi connectivity index (χ4v) is 4.99. The van der Waals surface area contributed by atoms with Gasteiger partial charge in [0.25, 0.3) is 0 Å². The van der Waals surface area contributed by atoms with Crippen LogP contribution in [-0.4, -0.2) is 79.2 Å². The summed E-state index contributed by atoms with van der Waals surface area (Å²) in [6.45, 7) is 1.39. The van der Waals surface area contributed by atoms with Gasteiger partial charge in [-0.3, -0.25) is 19.3 Å². The van der Waals surface area contributed by atoms with Crippen molar-refractivity contribution in [3.8, 4) is 0 Å². The van der Waals surface area contributed by atoms with Crippen molar-refractivity contribution in [1.82, 2.24) is 14.1 Å². The molecule has 8 nitrogen and oxygen atoms in total. The molecule has 0 N–H and O–H groups in total. The summed E-state index contributed by atoms with van der Waals surface area (Å²) in [7, 11) is -3.23. The molecule has 25 heavy (non-hydrogen) atoms. The number of nitrogens with zero attached hydrogens (tertiary/aromatic N) is 3. The monoisotopic (exact) mass is 371 g/mol. The number of piperazine rings is 1. The maximum atomic E-state index is 12.6. The van der Waals surface area contributed by atoms with Crippen LogP contribution in [0, 0.1) is 5.41 Å². The van der Waals surface area contributed by atoms with Gasteiger partial charge in [0.1, 0.15) is 0 Å². The topological polar surface area (TPSA) is 95.1 Å². The van der Waals surface area contributed by atoms with Gasteiger partial charge in [0, 0.05) is 45.6 Å². The molecule has 3 aliphatic rings. The minimum Gasteiger partial charge on any atom is -0.340 e. The molecule has 3 fully saturated rings. The molecule has 0 aromatic rings. The van der Waals surface area contributed by atoms with Crippen molar-refractivity contribution in [3.05, 3.63) is 0 Å². The number of rotatable bonds is 4. The Morgan fingerprint density at radius 3 is 2.24 bits per heavy atom. The lowest BCUT2D eigenvalue weighted by molar-refractivity contribution is -0.142. The minimum absolute atomic E-state index is 0.104. The third kappa shape index (κ3) is 3.57. The van der Waals surface area contributed by atoms with Gasteiger partial charge in [-0.2, -0.15) is 4.31 Å². The highest BCUT2D eigenvalue weighted by Crippen LogP contribution is 2.46. The highest BCUT2D eigenvalue weighted by molar-refractivity contribution is 7.88. The minimum atomic E-state index is -3.23. The fourth-order valence-electron chi connectivity index (χ4n) is 4.16. The molecule has 3 rings (SSSR count). The Labute approximate surface area is 148 Å². The van der Waals surface area contributed by atoms with Gasteiger partial charge in [0.05, 0.1) is 11.7 Å². The third-order valence-corrected chi connectivity index (χ3v) is 6.96. The predicted molar refractivity (Wildman–Crippen MR) is 89.9 cm³/mol. The van der Waals surface area contributed by atoms with Crippen molar-refractivity contribution in [1.29, 1.82) is 0 Å². The summed E-state index contributed by atoms with van der Waals surface area (Å²) in [6, 6.07) is 0. The first kappa shape index (κ1) is 18.3. The third-order valence-electron chi connectivity index (χ3n) is 5.66. The number of hydrogen-bond donors (Lipinski definition) is 0. The average molecular weight is 371 g/mol. The standard InChI is InChI=1S/C16H25N3O5S/c1-25(23,24)18-10-8-17(9-11-18)13(20)4-7-19-14(21)12-16(15(19)22)5-2-3-6-16/h2-12H2,1H3. The zero-order valence-corrected chi connectivity index (χ0v) is 15.4. The highest BCUT2D eigenvalue weighted by atomic mass is 32.2. The van der Waals surface area contributed by atoms with Crippen molar-refractivity contribution in [2.75, 3.05) is 39.0 Å². The number of amides is 3. The van der Waals surface area contributed by atoms with Crippen LogP contribution in [0.15, 0.2) is 0 Å². The van der Waals surface area contributed by atoms with E-state index in [-0.39, 0.29) is 50.2 Å². The van der Waals surface area contributed by atoms with E-state index in [0.29, 0.717) is 13.1 Å². The molecular weight excluding hydrogens is 346 g/mol. The van der Waals surface area contributed by atoms with E-state index in [1.807, 2.05) is 0 Å². The smallest absolute Gasteiger partial charge is 0.235 e. The van der Waals surface area contributed by atoms with E-state index in [0.717, 1.165) is 31.9 Å². The number of likely N-dealkylation sites (tertiary alicyclic amines) is 1. The van der Waals surface area contributed by atoms with Gasteiger partial charge in [-0.25, -0.2) is 8.42 Å². The summed E-state index contributed by atoms with van der Waals surface area (Å²) in [5.41, 5.74) is -0.499. The van der Waals surface area contributed by atoms with Gasteiger partial charge in [0.15, 0.2) is 0 Å². The molecule has 0 radical (unpaired) electrons. The van der Waals surface area contributed by atoms with E-state index in [1.165, 1.54) is 9.21 Å². The average Bonchev–Trinajstić information content (AvgIpc) is 3.11. The second kappa shape index (κ2) is 6.68. The van der Waals surface area contributed by atoms with Crippen LogP contribution in [0.25, 0.3) is 0 Å². The van der Waals surface area contributed by atoms with Gasteiger partial charge >= 0.3 is 0 Å². The zero-order valence-electron chi connectivity index (χ0n) is 14.6. The molecule has 2 heterocycles. The summed E-state index contributed by atoms with van der Waals surface area (Å²) in [5, 5.41) is 0. The number of sulfonamides is 1. The Hall–Kier alpha value is -1.48. The zero-order chi connectivity index (χ0) is 18.2. The summed E-state index contributed by atoms with van der Waals surface area (Å²) in [4.78, 5) is 40.0. The lowest BCUT2D eigenvalue weighted by Crippen LogP contribution is -2.50. The van der Waals surface area contributed by atoms with Crippen LogP contribution in [0.1, 0.15) is 38.5 Å². The molecule has 0 aromatic heterocycles. The normalized spacial score (nSPS) is 24.5. The van der Waals surface area contributed by atoms with E-state index in [9.17, 15) is 22.8 Å². The molecule has 1 saturated carbocycles. The SMILES string of the molecule is CS(=O)(=O)N1CCN(C(=O)CCN2C(=O)CC3(CCCC3)C2=O)CC1. The van der Waals surface area contributed by atoms with Crippen LogP contribution >= 0.6 is 0 Å². The quantitative estimate of drug-likeness (QED) is 0.638. The summed E-state index contributed by atoms with van der Waals surface area (Å²) in [5.74, 6) is -0.410. The predicted octanol–water partition coefficient (Wildman–Crippen LogP) is -0.200. The van der Waals surface area contributed by atoms with E-state index in [4.69, 9.17) is 0 Å². The second-order valence-electron chi connectivity index (χ2n) is 7.31. The number of hydrogen-bond acceptors (Lipinski definition) is 5.